The number of hydrogen-bond donors (Lipinski definition) is 1. The van der Waals surface area contributed by atoms with Crippen molar-refractivity contribution in [2.75, 3.05) is 7.11 Å². The van der Waals surface area contributed by atoms with Crippen molar-refractivity contribution in [3.63, 3.8) is 0 Å². The van der Waals surface area contributed by atoms with Crippen molar-refractivity contribution in [3.05, 3.63) is 28.6 Å². The third-order valence-electron chi connectivity index (χ3n) is 2.34. The number of aliphatic hydroxyl groups is 1. The summed E-state index contributed by atoms with van der Waals surface area (Å²) in [5, 5.41) is 9.04. The van der Waals surface area contributed by atoms with E-state index < -0.39 is 52.5 Å². The van der Waals surface area contributed by atoms with Crippen LogP contribution in [0, 0.1) is 17.5 Å². The molecule has 0 bridgehead atoms. The predicted octanol–water partition coefficient (Wildman–Crippen LogP) is 2.56. The number of halogens is 3. The molecule has 1 aromatic rings. The molecule has 0 amide bonds. The first-order chi connectivity index (χ1) is 9.14. The monoisotopic (exact) mass is 292 g/mol. The summed E-state index contributed by atoms with van der Waals surface area (Å²) in [6.07, 6.45) is 0. The number of aliphatic hydroxyl groups excluding tert-OH is 1. The molecule has 0 heterocycles. The number of esters is 1. The fourth-order valence-electron chi connectivity index (χ4n) is 1.55. The lowest BCUT2D eigenvalue weighted by molar-refractivity contribution is 0.00595. The van der Waals surface area contributed by atoms with Crippen molar-refractivity contribution < 1.29 is 32.5 Å². The predicted molar refractivity (Wildman–Crippen MR) is 64.0 cm³/mol. The number of rotatable bonds is 3. The molecular weight excluding hydrogens is 277 g/mol. The molecule has 1 rings (SSSR count). The lowest BCUT2D eigenvalue weighted by Gasteiger charge is -2.21. The van der Waals surface area contributed by atoms with E-state index in [-0.39, 0.29) is 0 Å². The first-order valence-corrected chi connectivity index (χ1v) is 5.71. The van der Waals surface area contributed by atoms with Crippen LogP contribution in [-0.2, 0) is 11.3 Å². The fraction of sp³-hybridized carbons (Fsp3) is 0.462. The lowest BCUT2D eigenvalue weighted by Crippen LogP contribution is -2.26. The normalized spacial score (nSPS) is 11.4. The summed E-state index contributed by atoms with van der Waals surface area (Å²) in [6.45, 7) is 3.52. The summed E-state index contributed by atoms with van der Waals surface area (Å²) < 4.78 is 50.5. The summed E-state index contributed by atoms with van der Waals surface area (Å²) in [4.78, 5) is 11.9. The fourth-order valence-corrected chi connectivity index (χ4v) is 1.55. The Morgan fingerprint density at radius 1 is 1.15 bits per heavy atom. The molecule has 1 N–H and O–H groups in total. The van der Waals surface area contributed by atoms with Gasteiger partial charge in [-0.2, -0.15) is 4.39 Å². The number of carbonyl (C=O) groups excluding carboxylic acids is 1. The van der Waals surface area contributed by atoms with E-state index in [0.717, 1.165) is 7.11 Å². The Kier molecular flexibility index (Phi) is 4.65. The van der Waals surface area contributed by atoms with Crippen LogP contribution in [0.2, 0.25) is 0 Å². The van der Waals surface area contributed by atoms with Gasteiger partial charge in [0.15, 0.2) is 17.4 Å². The highest BCUT2D eigenvalue weighted by molar-refractivity contribution is 5.92. The van der Waals surface area contributed by atoms with E-state index in [1.54, 1.807) is 0 Å². The second-order valence-electron chi connectivity index (χ2n) is 4.99. The van der Waals surface area contributed by atoms with Gasteiger partial charge in [0.25, 0.3) is 0 Å². The van der Waals surface area contributed by atoms with E-state index in [1.807, 2.05) is 0 Å². The molecule has 7 heteroatoms. The van der Waals surface area contributed by atoms with Crippen LogP contribution in [0.25, 0.3) is 0 Å². The highest BCUT2D eigenvalue weighted by Crippen LogP contribution is 2.32. The SMILES string of the molecule is COc1c(F)c(F)c(CO)c(C(=O)OC(C)(C)C)c1F. The molecule has 0 unspecified atom stereocenters. The molecule has 0 saturated heterocycles. The number of carbonyl (C=O) groups is 1. The van der Waals surface area contributed by atoms with E-state index in [4.69, 9.17) is 9.84 Å². The third-order valence-corrected chi connectivity index (χ3v) is 2.34. The van der Waals surface area contributed by atoms with Crippen LogP contribution in [0.5, 0.6) is 5.75 Å². The molecule has 0 aliphatic heterocycles. The van der Waals surface area contributed by atoms with Crippen LogP contribution in [0.3, 0.4) is 0 Å². The van der Waals surface area contributed by atoms with Crippen LogP contribution in [-0.4, -0.2) is 23.8 Å². The molecule has 0 saturated carbocycles. The number of hydrogen-bond acceptors (Lipinski definition) is 4. The Hall–Kier alpha value is -1.76. The van der Waals surface area contributed by atoms with Crippen molar-refractivity contribution in [1.82, 2.24) is 0 Å². The van der Waals surface area contributed by atoms with Crippen LogP contribution in [0.4, 0.5) is 13.2 Å². The van der Waals surface area contributed by atoms with Crippen molar-refractivity contribution in [3.8, 4) is 5.75 Å². The van der Waals surface area contributed by atoms with Crippen molar-refractivity contribution in [1.29, 1.82) is 0 Å². The smallest absolute Gasteiger partial charge is 0.342 e. The minimum atomic E-state index is -1.61. The highest BCUT2D eigenvalue weighted by Gasteiger charge is 2.31. The van der Waals surface area contributed by atoms with Gasteiger partial charge < -0.3 is 14.6 Å². The Labute approximate surface area is 114 Å². The molecule has 0 fully saturated rings. The zero-order chi connectivity index (χ0) is 15.7. The Balaban J connectivity index is 3.52. The van der Waals surface area contributed by atoms with Crippen LogP contribution < -0.4 is 4.74 Å². The van der Waals surface area contributed by atoms with Gasteiger partial charge in [0.2, 0.25) is 5.82 Å². The Morgan fingerprint density at radius 3 is 2.10 bits per heavy atom. The summed E-state index contributed by atoms with van der Waals surface area (Å²) in [5.41, 5.74) is -2.65. The van der Waals surface area contributed by atoms with Gasteiger partial charge in [0, 0.05) is 5.56 Å². The van der Waals surface area contributed by atoms with E-state index in [0.29, 0.717) is 0 Å². The molecule has 20 heavy (non-hydrogen) atoms. The highest BCUT2D eigenvalue weighted by atomic mass is 19.2. The Bertz CT molecular complexity index is 536. The summed E-state index contributed by atoms with van der Waals surface area (Å²) >= 11 is 0. The van der Waals surface area contributed by atoms with Crippen LogP contribution >= 0.6 is 0 Å². The maximum atomic E-state index is 14.0. The maximum Gasteiger partial charge on any atom is 0.342 e. The molecule has 0 atom stereocenters. The maximum absolute atomic E-state index is 14.0. The van der Waals surface area contributed by atoms with E-state index in [9.17, 15) is 18.0 Å². The molecular formula is C13H15F3O4. The average molecular weight is 292 g/mol. The van der Waals surface area contributed by atoms with Crippen LogP contribution in [0.15, 0.2) is 0 Å². The molecule has 1 aromatic carbocycles. The summed E-state index contributed by atoms with van der Waals surface area (Å²) in [6, 6.07) is 0. The zero-order valence-corrected chi connectivity index (χ0v) is 11.5. The Morgan fingerprint density at radius 2 is 1.70 bits per heavy atom. The van der Waals surface area contributed by atoms with Crippen molar-refractivity contribution >= 4 is 5.97 Å². The molecule has 0 aromatic heterocycles. The molecule has 4 nitrogen and oxygen atoms in total. The van der Waals surface area contributed by atoms with Gasteiger partial charge in [-0.1, -0.05) is 0 Å². The van der Waals surface area contributed by atoms with Gasteiger partial charge in [0.1, 0.15) is 11.2 Å². The molecule has 0 radical (unpaired) electrons. The van der Waals surface area contributed by atoms with Gasteiger partial charge in [-0.3, -0.25) is 0 Å². The topological polar surface area (TPSA) is 55.8 Å². The molecule has 0 aliphatic rings. The number of methoxy groups -OCH3 is 1. The zero-order valence-electron chi connectivity index (χ0n) is 11.5. The largest absolute Gasteiger partial charge is 0.491 e. The molecule has 0 spiro atoms. The van der Waals surface area contributed by atoms with Gasteiger partial charge in [-0.25, -0.2) is 13.6 Å². The van der Waals surface area contributed by atoms with Crippen LogP contribution in [0.1, 0.15) is 36.7 Å². The first-order valence-electron chi connectivity index (χ1n) is 5.71. The van der Waals surface area contributed by atoms with Crippen molar-refractivity contribution in [2.24, 2.45) is 0 Å². The van der Waals surface area contributed by atoms with Gasteiger partial charge >= 0.3 is 5.97 Å². The van der Waals surface area contributed by atoms with Gasteiger partial charge in [-0.15, -0.1) is 0 Å². The van der Waals surface area contributed by atoms with Crippen molar-refractivity contribution in [2.45, 2.75) is 33.0 Å². The van der Waals surface area contributed by atoms with E-state index in [1.165, 1.54) is 20.8 Å². The van der Waals surface area contributed by atoms with E-state index >= 15 is 0 Å². The second kappa shape index (κ2) is 5.70. The first kappa shape index (κ1) is 16.3. The van der Waals surface area contributed by atoms with E-state index in [2.05, 4.69) is 4.74 Å². The summed E-state index contributed by atoms with van der Waals surface area (Å²) in [5.74, 6) is -6.82. The minimum Gasteiger partial charge on any atom is -0.491 e. The average Bonchev–Trinajstić information content (AvgIpc) is 2.31. The standard InChI is InChI=1S/C13H15F3O4/c1-13(2,3)20-12(18)7-6(5-17)8(14)10(16)11(19-4)9(7)15/h17H,5H2,1-4H3. The number of ether oxygens (including phenoxy) is 2. The van der Waals surface area contributed by atoms with Gasteiger partial charge in [0.05, 0.1) is 13.7 Å². The summed E-state index contributed by atoms with van der Waals surface area (Å²) in [7, 11) is 0.929. The third kappa shape index (κ3) is 3.04. The second-order valence-corrected chi connectivity index (χ2v) is 4.99. The lowest BCUT2D eigenvalue weighted by atomic mass is 10.0. The molecule has 112 valence electrons. The minimum absolute atomic E-state index is 0.810. The quantitative estimate of drug-likeness (QED) is 0.687. The van der Waals surface area contributed by atoms with Gasteiger partial charge in [-0.05, 0) is 20.8 Å². The number of benzene rings is 1. The molecule has 0 aliphatic carbocycles.